The van der Waals surface area contributed by atoms with Gasteiger partial charge in [0.15, 0.2) is 17.8 Å². The van der Waals surface area contributed by atoms with Gasteiger partial charge in [0.05, 0.1) is 0 Å². The summed E-state index contributed by atoms with van der Waals surface area (Å²) in [6.07, 6.45) is 1.41. The number of rotatable bonds is 2. The van der Waals surface area contributed by atoms with E-state index in [-0.39, 0.29) is 5.78 Å². The van der Waals surface area contributed by atoms with Crippen molar-refractivity contribution >= 4 is 28.2 Å². The van der Waals surface area contributed by atoms with E-state index >= 15 is 0 Å². The van der Waals surface area contributed by atoms with E-state index in [1.165, 1.54) is 24.7 Å². The number of thiazole rings is 1. The van der Waals surface area contributed by atoms with Gasteiger partial charge in [-0.1, -0.05) is 0 Å². The van der Waals surface area contributed by atoms with Gasteiger partial charge in [-0.25, -0.2) is 9.97 Å². The van der Waals surface area contributed by atoms with E-state index in [4.69, 9.17) is 4.42 Å². The predicted octanol–water partition coefficient (Wildman–Crippen LogP) is 3.15. The molecule has 2 aromatic heterocycles. The standard InChI is InChI=1S/C12H8N2O2S/c1-7(15)10-5-17-12(14-10)8-2-3-9-11(4-8)16-6-13-9/h2-6H,1H3. The lowest BCUT2D eigenvalue weighted by Crippen LogP contribution is -1.91. The van der Waals surface area contributed by atoms with Crippen molar-refractivity contribution < 1.29 is 9.21 Å². The van der Waals surface area contributed by atoms with Crippen LogP contribution in [0.5, 0.6) is 0 Å². The molecule has 0 bridgehead atoms. The van der Waals surface area contributed by atoms with E-state index in [2.05, 4.69) is 9.97 Å². The molecular weight excluding hydrogens is 236 g/mol. The fraction of sp³-hybridized carbons (Fsp3) is 0.0833. The summed E-state index contributed by atoms with van der Waals surface area (Å²) < 4.78 is 5.23. The highest BCUT2D eigenvalue weighted by Gasteiger charge is 2.09. The van der Waals surface area contributed by atoms with Crippen LogP contribution in [0.4, 0.5) is 0 Å². The highest BCUT2D eigenvalue weighted by atomic mass is 32.1. The van der Waals surface area contributed by atoms with Gasteiger partial charge in [-0.15, -0.1) is 11.3 Å². The molecule has 0 amide bonds. The highest BCUT2D eigenvalue weighted by Crippen LogP contribution is 2.26. The first-order valence-corrected chi connectivity index (χ1v) is 5.92. The van der Waals surface area contributed by atoms with Crippen LogP contribution in [0.25, 0.3) is 21.7 Å². The van der Waals surface area contributed by atoms with Gasteiger partial charge in [-0.05, 0) is 18.2 Å². The van der Waals surface area contributed by atoms with Crippen LogP contribution < -0.4 is 0 Å². The molecule has 5 heteroatoms. The number of fused-ring (bicyclic) bond motifs is 1. The summed E-state index contributed by atoms with van der Waals surface area (Å²) in [6.45, 7) is 1.51. The van der Waals surface area contributed by atoms with E-state index in [1.807, 2.05) is 18.2 Å². The van der Waals surface area contributed by atoms with Gasteiger partial charge in [0, 0.05) is 17.9 Å². The second-order valence-corrected chi connectivity index (χ2v) is 4.49. The Balaban J connectivity index is 2.09. The molecule has 0 saturated carbocycles. The molecule has 4 nitrogen and oxygen atoms in total. The van der Waals surface area contributed by atoms with Gasteiger partial charge in [-0.2, -0.15) is 0 Å². The number of hydrogen-bond acceptors (Lipinski definition) is 5. The Morgan fingerprint density at radius 2 is 2.29 bits per heavy atom. The lowest BCUT2D eigenvalue weighted by molar-refractivity contribution is 0.101. The Bertz CT molecular complexity index is 699. The second kappa shape index (κ2) is 3.78. The summed E-state index contributed by atoms with van der Waals surface area (Å²) in [5.41, 5.74) is 2.98. The lowest BCUT2D eigenvalue weighted by atomic mass is 10.2. The average Bonchev–Trinajstić information content (AvgIpc) is 2.97. The Morgan fingerprint density at radius 3 is 3.06 bits per heavy atom. The monoisotopic (exact) mass is 244 g/mol. The minimum atomic E-state index is -0.0201. The minimum Gasteiger partial charge on any atom is -0.443 e. The average molecular weight is 244 g/mol. The van der Waals surface area contributed by atoms with E-state index < -0.39 is 0 Å². The van der Waals surface area contributed by atoms with Crippen molar-refractivity contribution in [2.24, 2.45) is 0 Å². The molecule has 0 aliphatic rings. The van der Waals surface area contributed by atoms with Crippen molar-refractivity contribution in [2.45, 2.75) is 6.92 Å². The molecule has 0 atom stereocenters. The Morgan fingerprint density at radius 1 is 1.41 bits per heavy atom. The third-order valence-corrected chi connectivity index (χ3v) is 3.33. The summed E-state index contributed by atoms with van der Waals surface area (Å²) in [5, 5.41) is 2.58. The van der Waals surface area contributed by atoms with Crippen molar-refractivity contribution in [1.29, 1.82) is 0 Å². The van der Waals surface area contributed by atoms with Crippen molar-refractivity contribution in [3.05, 3.63) is 35.7 Å². The molecule has 17 heavy (non-hydrogen) atoms. The predicted molar refractivity (Wildman–Crippen MR) is 65.1 cm³/mol. The number of Topliss-reactive ketones (excluding diaryl/α,β-unsaturated/α-hetero) is 1. The zero-order chi connectivity index (χ0) is 11.8. The molecule has 3 rings (SSSR count). The van der Waals surface area contributed by atoms with Crippen LogP contribution in [-0.2, 0) is 0 Å². The van der Waals surface area contributed by atoms with Gasteiger partial charge in [0.25, 0.3) is 0 Å². The topological polar surface area (TPSA) is 56.0 Å². The summed E-state index contributed by atoms with van der Waals surface area (Å²) in [5.74, 6) is -0.0201. The quantitative estimate of drug-likeness (QED) is 0.650. The number of carbonyl (C=O) groups excluding carboxylic acids is 1. The largest absolute Gasteiger partial charge is 0.443 e. The van der Waals surface area contributed by atoms with Crippen LogP contribution in [0, 0.1) is 0 Å². The molecular formula is C12H8N2O2S. The van der Waals surface area contributed by atoms with Gasteiger partial charge in [0.2, 0.25) is 0 Å². The fourth-order valence-electron chi connectivity index (χ4n) is 1.56. The number of oxazole rings is 1. The Kier molecular flexibility index (Phi) is 2.26. The summed E-state index contributed by atoms with van der Waals surface area (Å²) >= 11 is 1.45. The first-order chi connectivity index (χ1) is 8.24. The van der Waals surface area contributed by atoms with Gasteiger partial charge >= 0.3 is 0 Å². The molecule has 3 aromatic rings. The summed E-state index contributed by atoms with van der Waals surface area (Å²) in [6, 6.07) is 5.68. The third-order valence-electron chi connectivity index (χ3n) is 2.44. The van der Waals surface area contributed by atoms with Crippen LogP contribution in [0.2, 0.25) is 0 Å². The molecule has 0 radical (unpaired) electrons. The number of ketones is 1. The van der Waals surface area contributed by atoms with Gasteiger partial charge in [0.1, 0.15) is 16.2 Å². The van der Waals surface area contributed by atoms with Crippen molar-refractivity contribution in [3.63, 3.8) is 0 Å². The van der Waals surface area contributed by atoms with Gasteiger partial charge < -0.3 is 4.42 Å². The summed E-state index contributed by atoms with van der Waals surface area (Å²) in [4.78, 5) is 19.5. The molecule has 0 unspecified atom stereocenters. The summed E-state index contributed by atoms with van der Waals surface area (Å²) in [7, 11) is 0. The van der Waals surface area contributed by atoms with Crippen molar-refractivity contribution in [2.75, 3.05) is 0 Å². The fourth-order valence-corrected chi connectivity index (χ4v) is 2.41. The smallest absolute Gasteiger partial charge is 0.181 e. The van der Waals surface area contributed by atoms with Crippen LogP contribution in [0.15, 0.2) is 34.4 Å². The molecule has 0 spiro atoms. The van der Waals surface area contributed by atoms with Crippen molar-refractivity contribution in [1.82, 2.24) is 9.97 Å². The van der Waals surface area contributed by atoms with Crippen LogP contribution in [0.3, 0.4) is 0 Å². The van der Waals surface area contributed by atoms with Crippen LogP contribution in [0.1, 0.15) is 17.4 Å². The maximum atomic E-state index is 11.2. The van der Waals surface area contributed by atoms with Crippen LogP contribution in [-0.4, -0.2) is 15.8 Å². The molecule has 0 aliphatic carbocycles. The lowest BCUT2D eigenvalue weighted by Gasteiger charge is -1.94. The van der Waals surface area contributed by atoms with E-state index in [9.17, 15) is 4.79 Å². The minimum absolute atomic E-state index is 0.0201. The molecule has 84 valence electrons. The Hall–Kier alpha value is -2.01. The Labute approximate surface area is 101 Å². The number of carbonyl (C=O) groups is 1. The molecule has 0 N–H and O–H groups in total. The van der Waals surface area contributed by atoms with E-state index in [0.717, 1.165) is 21.7 Å². The number of benzene rings is 1. The first-order valence-electron chi connectivity index (χ1n) is 5.04. The maximum absolute atomic E-state index is 11.2. The van der Waals surface area contributed by atoms with Crippen LogP contribution >= 0.6 is 11.3 Å². The highest BCUT2D eigenvalue weighted by molar-refractivity contribution is 7.13. The number of hydrogen-bond donors (Lipinski definition) is 0. The SMILES string of the molecule is CC(=O)c1csc(-c2ccc3ncoc3c2)n1. The number of aromatic nitrogens is 2. The zero-order valence-corrected chi connectivity index (χ0v) is 9.82. The first kappa shape index (κ1) is 10.2. The molecule has 0 aliphatic heterocycles. The van der Waals surface area contributed by atoms with E-state index in [0.29, 0.717) is 5.69 Å². The molecule has 0 fully saturated rings. The maximum Gasteiger partial charge on any atom is 0.181 e. The van der Waals surface area contributed by atoms with Gasteiger partial charge in [-0.3, -0.25) is 4.79 Å². The van der Waals surface area contributed by atoms with E-state index in [1.54, 1.807) is 5.38 Å². The molecule has 1 aromatic carbocycles. The molecule has 2 heterocycles. The van der Waals surface area contributed by atoms with Crippen molar-refractivity contribution in [3.8, 4) is 10.6 Å². The third kappa shape index (κ3) is 1.74. The normalized spacial score (nSPS) is 10.9. The number of nitrogens with zero attached hydrogens (tertiary/aromatic N) is 2. The zero-order valence-electron chi connectivity index (χ0n) is 9.01. The molecule has 0 saturated heterocycles. The second-order valence-electron chi connectivity index (χ2n) is 3.63.